The number of Topliss-reactive ketones (excluding diaryl/α,β-unsaturated/α-hetero) is 1. The Morgan fingerprint density at radius 2 is 2.36 bits per heavy atom. The highest BCUT2D eigenvalue weighted by atomic mass is 79.9. The molecule has 3 heteroatoms. The molecule has 0 bridgehead atoms. The summed E-state index contributed by atoms with van der Waals surface area (Å²) in [7, 11) is 0. The molecule has 0 unspecified atom stereocenters. The van der Waals surface area contributed by atoms with Crippen LogP contribution in [0.1, 0.15) is 22.3 Å². The number of hydrogen-bond acceptors (Lipinski definition) is 2. The molecule has 1 aromatic rings. The van der Waals surface area contributed by atoms with Gasteiger partial charge in [-0.15, -0.1) is 0 Å². The van der Waals surface area contributed by atoms with E-state index < -0.39 is 0 Å². The first-order valence-electron chi connectivity index (χ1n) is 4.56. The summed E-state index contributed by atoms with van der Waals surface area (Å²) in [5.74, 6) is 0.127. The van der Waals surface area contributed by atoms with Gasteiger partial charge >= 0.3 is 0 Å². The van der Waals surface area contributed by atoms with Crippen molar-refractivity contribution in [3.05, 3.63) is 29.3 Å². The Balaban J connectivity index is 2.39. The third kappa shape index (κ3) is 1.77. The standard InChI is InChI=1S/C11H10BrNO/c12-7-11(14)9-3-4-10-8(6-9)2-1-5-13-10/h3-6H,1-2,7H2. The van der Waals surface area contributed by atoms with Gasteiger partial charge in [0.05, 0.1) is 11.0 Å². The lowest BCUT2D eigenvalue weighted by Crippen LogP contribution is -2.02. The van der Waals surface area contributed by atoms with Crippen molar-refractivity contribution in [2.24, 2.45) is 4.99 Å². The van der Waals surface area contributed by atoms with Crippen molar-refractivity contribution in [3.63, 3.8) is 0 Å². The minimum absolute atomic E-state index is 0.127. The molecular formula is C11H10BrNO. The first kappa shape index (κ1) is 9.59. The Morgan fingerprint density at radius 3 is 3.14 bits per heavy atom. The van der Waals surface area contributed by atoms with E-state index in [0.717, 1.165) is 24.1 Å². The molecule has 0 saturated carbocycles. The first-order valence-corrected chi connectivity index (χ1v) is 5.68. The molecule has 1 heterocycles. The molecule has 1 aliphatic rings. The minimum Gasteiger partial charge on any atom is -0.293 e. The maximum atomic E-state index is 11.4. The predicted molar refractivity (Wildman–Crippen MR) is 61.0 cm³/mol. The lowest BCUT2D eigenvalue weighted by Gasteiger charge is -2.10. The van der Waals surface area contributed by atoms with Crippen LogP contribution in [0.3, 0.4) is 0 Å². The monoisotopic (exact) mass is 251 g/mol. The van der Waals surface area contributed by atoms with E-state index in [-0.39, 0.29) is 5.78 Å². The van der Waals surface area contributed by atoms with Gasteiger partial charge in [-0.05, 0) is 36.6 Å². The number of aliphatic imine (C=N–C) groups is 1. The Hall–Kier alpha value is -0.960. The number of carbonyl (C=O) groups excluding carboxylic acids is 1. The van der Waals surface area contributed by atoms with Crippen LogP contribution in [0.15, 0.2) is 23.2 Å². The average Bonchev–Trinajstić information content (AvgIpc) is 2.27. The fourth-order valence-electron chi connectivity index (χ4n) is 1.55. The fraction of sp³-hybridized carbons (Fsp3) is 0.273. The van der Waals surface area contributed by atoms with E-state index in [1.807, 2.05) is 24.4 Å². The van der Waals surface area contributed by atoms with Crippen LogP contribution in [0.25, 0.3) is 0 Å². The van der Waals surface area contributed by atoms with E-state index in [4.69, 9.17) is 0 Å². The Labute approximate surface area is 91.2 Å². The summed E-state index contributed by atoms with van der Waals surface area (Å²) >= 11 is 3.17. The van der Waals surface area contributed by atoms with Gasteiger partial charge in [-0.25, -0.2) is 0 Å². The number of hydrogen-bond donors (Lipinski definition) is 0. The highest BCUT2D eigenvalue weighted by molar-refractivity contribution is 9.09. The number of ketones is 1. The van der Waals surface area contributed by atoms with Gasteiger partial charge in [-0.1, -0.05) is 15.9 Å². The molecule has 0 atom stereocenters. The quantitative estimate of drug-likeness (QED) is 0.587. The highest BCUT2D eigenvalue weighted by Gasteiger charge is 2.09. The van der Waals surface area contributed by atoms with Gasteiger partial charge in [0.25, 0.3) is 0 Å². The van der Waals surface area contributed by atoms with Crippen LogP contribution >= 0.6 is 15.9 Å². The third-order valence-electron chi connectivity index (χ3n) is 2.30. The molecule has 14 heavy (non-hydrogen) atoms. The zero-order valence-corrected chi connectivity index (χ0v) is 9.25. The van der Waals surface area contributed by atoms with Crippen molar-refractivity contribution in [1.82, 2.24) is 0 Å². The third-order valence-corrected chi connectivity index (χ3v) is 2.81. The Bertz CT molecular complexity index is 398. The largest absolute Gasteiger partial charge is 0.293 e. The predicted octanol–water partition coefficient (Wildman–Crippen LogP) is 2.91. The van der Waals surface area contributed by atoms with Gasteiger partial charge < -0.3 is 0 Å². The van der Waals surface area contributed by atoms with Gasteiger partial charge in [0, 0.05) is 11.8 Å². The molecule has 2 rings (SSSR count). The van der Waals surface area contributed by atoms with Gasteiger partial charge in [0.15, 0.2) is 5.78 Å². The Morgan fingerprint density at radius 1 is 1.50 bits per heavy atom. The van der Waals surface area contributed by atoms with Crippen LogP contribution in [0.4, 0.5) is 5.69 Å². The highest BCUT2D eigenvalue weighted by Crippen LogP contribution is 2.25. The van der Waals surface area contributed by atoms with Crippen LogP contribution in [0.2, 0.25) is 0 Å². The molecule has 0 N–H and O–H groups in total. The molecule has 1 aromatic carbocycles. The molecule has 72 valence electrons. The van der Waals surface area contributed by atoms with Crippen LogP contribution < -0.4 is 0 Å². The van der Waals surface area contributed by atoms with Crippen molar-refractivity contribution in [2.75, 3.05) is 5.33 Å². The van der Waals surface area contributed by atoms with Crippen molar-refractivity contribution < 1.29 is 4.79 Å². The Kier molecular flexibility index (Phi) is 2.77. The van der Waals surface area contributed by atoms with Crippen LogP contribution in [-0.4, -0.2) is 17.3 Å². The van der Waals surface area contributed by atoms with Crippen LogP contribution in [-0.2, 0) is 6.42 Å². The number of carbonyl (C=O) groups is 1. The van der Waals surface area contributed by atoms with Crippen molar-refractivity contribution in [1.29, 1.82) is 0 Å². The number of halogens is 1. The number of fused-ring (bicyclic) bond motifs is 1. The van der Waals surface area contributed by atoms with E-state index in [1.165, 1.54) is 5.56 Å². The van der Waals surface area contributed by atoms with Crippen LogP contribution in [0.5, 0.6) is 0 Å². The summed E-state index contributed by atoms with van der Waals surface area (Å²) in [6.45, 7) is 0. The smallest absolute Gasteiger partial charge is 0.173 e. The molecule has 0 fully saturated rings. The normalized spacial score (nSPS) is 13.8. The molecule has 0 amide bonds. The van der Waals surface area contributed by atoms with E-state index in [9.17, 15) is 4.79 Å². The van der Waals surface area contributed by atoms with Gasteiger partial charge in [0.1, 0.15) is 0 Å². The molecule has 0 saturated heterocycles. The van der Waals surface area contributed by atoms with Gasteiger partial charge in [-0.2, -0.15) is 0 Å². The second kappa shape index (κ2) is 4.05. The summed E-state index contributed by atoms with van der Waals surface area (Å²) in [4.78, 5) is 15.7. The summed E-state index contributed by atoms with van der Waals surface area (Å²) in [6.07, 6.45) is 3.88. The van der Waals surface area contributed by atoms with E-state index in [2.05, 4.69) is 20.9 Å². The maximum Gasteiger partial charge on any atom is 0.173 e. The average molecular weight is 252 g/mol. The zero-order chi connectivity index (χ0) is 9.97. The fourth-order valence-corrected chi connectivity index (χ4v) is 1.87. The molecule has 0 radical (unpaired) electrons. The summed E-state index contributed by atoms with van der Waals surface area (Å²) < 4.78 is 0. The van der Waals surface area contributed by atoms with Crippen molar-refractivity contribution >= 4 is 33.6 Å². The summed E-state index contributed by atoms with van der Waals surface area (Å²) in [5.41, 5.74) is 2.96. The lowest BCUT2D eigenvalue weighted by molar-refractivity contribution is 0.102. The number of aryl methyl sites for hydroxylation is 1. The number of rotatable bonds is 2. The second-order valence-electron chi connectivity index (χ2n) is 3.25. The minimum atomic E-state index is 0.127. The second-order valence-corrected chi connectivity index (χ2v) is 3.81. The van der Waals surface area contributed by atoms with Crippen molar-refractivity contribution in [3.8, 4) is 0 Å². The van der Waals surface area contributed by atoms with Gasteiger partial charge in [-0.3, -0.25) is 9.79 Å². The molecule has 2 nitrogen and oxygen atoms in total. The van der Waals surface area contributed by atoms with E-state index in [1.54, 1.807) is 0 Å². The summed E-state index contributed by atoms with van der Waals surface area (Å²) in [6, 6.07) is 5.71. The summed E-state index contributed by atoms with van der Waals surface area (Å²) in [5, 5.41) is 0.384. The topological polar surface area (TPSA) is 29.4 Å². The molecule has 1 aliphatic heterocycles. The molecule has 0 aromatic heterocycles. The zero-order valence-electron chi connectivity index (χ0n) is 7.66. The lowest BCUT2D eigenvalue weighted by atomic mass is 10.0. The molecular weight excluding hydrogens is 242 g/mol. The number of benzene rings is 1. The van der Waals surface area contributed by atoms with E-state index in [0.29, 0.717) is 5.33 Å². The van der Waals surface area contributed by atoms with Crippen molar-refractivity contribution in [2.45, 2.75) is 12.8 Å². The molecule has 0 aliphatic carbocycles. The van der Waals surface area contributed by atoms with Gasteiger partial charge in [0.2, 0.25) is 0 Å². The molecule has 0 spiro atoms. The maximum absolute atomic E-state index is 11.4. The number of alkyl halides is 1. The van der Waals surface area contributed by atoms with E-state index >= 15 is 0 Å². The SMILES string of the molecule is O=C(CBr)c1ccc2c(c1)CCC=N2. The van der Waals surface area contributed by atoms with Crippen LogP contribution in [0, 0.1) is 0 Å². The first-order chi connectivity index (χ1) is 6.81. The number of nitrogens with zero attached hydrogens (tertiary/aromatic N) is 1.